The van der Waals surface area contributed by atoms with Crippen LogP contribution in [-0.2, 0) is 13.1 Å². The summed E-state index contributed by atoms with van der Waals surface area (Å²) in [5.74, 6) is 0.249. The molecule has 0 radical (unpaired) electrons. The van der Waals surface area contributed by atoms with Gasteiger partial charge in [-0.1, -0.05) is 48.0 Å². The van der Waals surface area contributed by atoms with E-state index in [1.165, 1.54) is 17.4 Å². The van der Waals surface area contributed by atoms with Crippen LogP contribution in [0.4, 0.5) is 4.39 Å². The van der Waals surface area contributed by atoms with Gasteiger partial charge in [0.25, 0.3) is 5.56 Å². The van der Waals surface area contributed by atoms with Gasteiger partial charge in [-0.25, -0.2) is 9.37 Å². The van der Waals surface area contributed by atoms with Crippen molar-refractivity contribution in [1.29, 1.82) is 0 Å². The lowest BCUT2D eigenvalue weighted by atomic mass is 10.2. The molecule has 0 fully saturated rings. The molecular formula is C21H18ClFN3OS+. The minimum atomic E-state index is -0.325. The fourth-order valence-electron chi connectivity index (χ4n) is 3.16. The zero-order valence-electron chi connectivity index (χ0n) is 15.1. The topological polar surface area (TPSA) is 50.2 Å². The van der Waals surface area contributed by atoms with E-state index in [4.69, 9.17) is 11.6 Å². The molecule has 2 N–H and O–H groups in total. The maximum Gasteiger partial charge on any atom is 0.259 e. The van der Waals surface area contributed by atoms with Crippen molar-refractivity contribution in [3.8, 4) is 10.4 Å². The summed E-state index contributed by atoms with van der Waals surface area (Å²) in [7, 11) is 1.91. The number of rotatable bonds is 5. The largest absolute Gasteiger partial charge is 0.327 e. The van der Waals surface area contributed by atoms with E-state index >= 15 is 0 Å². The number of nitrogens with zero attached hydrogens (tertiary/aromatic N) is 1. The van der Waals surface area contributed by atoms with Gasteiger partial charge in [0.2, 0.25) is 0 Å². The molecule has 4 nitrogen and oxygen atoms in total. The van der Waals surface area contributed by atoms with Crippen LogP contribution in [0.5, 0.6) is 0 Å². The van der Waals surface area contributed by atoms with Gasteiger partial charge in [0.1, 0.15) is 23.7 Å². The Labute approximate surface area is 170 Å². The fourth-order valence-corrected chi connectivity index (χ4v) is 4.44. The summed E-state index contributed by atoms with van der Waals surface area (Å²) in [6, 6.07) is 16.5. The molecule has 2 aromatic carbocycles. The summed E-state index contributed by atoms with van der Waals surface area (Å²) in [6.45, 7) is 0.849. The molecule has 2 heterocycles. The molecule has 1 unspecified atom stereocenters. The predicted octanol–water partition coefficient (Wildman–Crippen LogP) is 3.66. The molecule has 0 spiro atoms. The van der Waals surface area contributed by atoms with E-state index in [1.54, 1.807) is 12.1 Å². The van der Waals surface area contributed by atoms with Crippen molar-refractivity contribution in [1.82, 2.24) is 9.97 Å². The number of thiophene rings is 1. The quantitative estimate of drug-likeness (QED) is 0.523. The highest BCUT2D eigenvalue weighted by Gasteiger charge is 2.16. The molecule has 7 heteroatoms. The minimum Gasteiger partial charge on any atom is -0.327 e. The van der Waals surface area contributed by atoms with Crippen LogP contribution in [0.1, 0.15) is 11.4 Å². The molecule has 2 aromatic heterocycles. The van der Waals surface area contributed by atoms with Gasteiger partial charge in [0.15, 0.2) is 5.82 Å². The molecule has 142 valence electrons. The molecule has 0 aliphatic rings. The van der Waals surface area contributed by atoms with Crippen LogP contribution in [0.2, 0.25) is 5.02 Å². The third-order valence-corrected chi connectivity index (χ3v) is 5.95. The Bertz CT molecular complexity index is 1170. The summed E-state index contributed by atoms with van der Waals surface area (Å²) in [4.78, 5) is 22.7. The van der Waals surface area contributed by atoms with Crippen molar-refractivity contribution in [3.63, 3.8) is 0 Å². The molecule has 0 bridgehead atoms. The Hall–Kier alpha value is -2.54. The molecule has 0 aliphatic carbocycles. The zero-order chi connectivity index (χ0) is 19.7. The second kappa shape index (κ2) is 7.83. The van der Waals surface area contributed by atoms with Gasteiger partial charge in [0.05, 0.1) is 23.0 Å². The van der Waals surface area contributed by atoms with Gasteiger partial charge in [-0.15, -0.1) is 11.3 Å². The third-order valence-electron chi connectivity index (χ3n) is 4.52. The average molecular weight is 415 g/mol. The highest BCUT2D eigenvalue weighted by molar-refractivity contribution is 7.21. The first-order valence-corrected chi connectivity index (χ1v) is 10.0. The van der Waals surface area contributed by atoms with Crippen LogP contribution in [0.3, 0.4) is 0 Å². The first kappa shape index (κ1) is 18.8. The molecule has 4 aromatic rings. The van der Waals surface area contributed by atoms with Gasteiger partial charge in [-0.05, 0) is 23.8 Å². The Morgan fingerprint density at radius 3 is 2.68 bits per heavy atom. The number of nitrogens with one attached hydrogen (secondary N) is 2. The number of fused-ring (bicyclic) bond motifs is 1. The third kappa shape index (κ3) is 3.85. The highest BCUT2D eigenvalue weighted by Crippen LogP contribution is 2.30. The molecule has 0 saturated carbocycles. The van der Waals surface area contributed by atoms with Crippen LogP contribution in [0.15, 0.2) is 59.4 Å². The van der Waals surface area contributed by atoms with Crippen molar-refractivity contribution in [3.05, 3.63) is 87.2 Å². The number of benzene rings is 2. The molecular weight excluding hydrogens is 397 g/mol. The van der Waals surface area contributed by atoms with E-state index in [2.05, 4.69) is 9.97 Å². The first-order chi connectivity index (χ1) is 13.5. The van der Waals surface area contributed by atoms with E-state index in [9.17, 15) is 9.18 Å². The Morgan fingerprint density at radius 2 is 1.93 bits per heavy atom. The van der Waals surface area contributed by atoms with Crippen molar-refractivity contribution < 1.29 is 9.29 Å². The van der Waals surface area contributed by atoms with E-state index in [1.807, 2.05) is 43.4 Å². The monoisotopic (exact) mass is 414 g/mol. The van der Waals surface area contributed by atoms with Crippen LogP contribution < -0.4 is 10.5 Å². The van der Waals surface area contributed by atoms with Gasteiger partial charge < -0.3 is 9.88 Å². The minimum absolute atomic E-state index is 0.157. The van der Waals surface area contributed by atoms with Crippen LogP contribution >= 0.6 is 22.9 Å². The maximum atomic E-state index is 14.0. The SMILES string of the molecule is C[NH+](Cc1nc2sc(-c3ccccc3)cc2c(=O)[nH]1)Cc1c(F)cccc1Cl. The lowest BCUT2D eigenvalue weighted by Crippen LogP contribution is -3.06. The smallest absolute Gasteiger partial charge is 0.259 e. The number of aromatic amines is 1. The number of hydrogen-bond acceptors (Lipinski definition) is 3. The van der Waals surface area contributed by atoms with E-state index in [-0.39, 0.29) is 11.4 Å². The molecule has 1 atom stereocenters. The molecule has 0 aliphatic heterocycles. The lowest BCUT2D eigenvalue weighted by molar-refractivity contribution is -0.908. The number of hydrogen-bond donors (Lipinski definition) is 2. The summed E-state index contributed by atoms with van der Waals surface area (Å²) >= 11 is 7.61. The lowest BCUT2D eigenvalue weighted by Gasteiger charge is -2.14. The normalized spacial score (nSPS) is 12.4. The van der Waals surface area contributed by atoms with Crippen molar-refractivity contribution in [2.75, 3.05) is 7.05 Å². The zero-order valence-corrected chi connectivity index (χ0v) is 16.7. The predicted molar refractivity (Wildman–Crippen MR) is 111 cm³/mol. The molecule has 28 heavy (non-hydrogen) atoms. The maximum absolute atomic E-state index is 14.0. The Kier molecular flexibility index (Phi) is 5.26. The Balaban J connectivity index is 1.60. The summed E-state index contributed by atoms with van der Waals surface area (Å²) < 4.78 is 14.0. The van der Waals surface area contributed by atoms with Gasteiger partial charge in [-0.3, -0.25) is 4.79 Å². The number of quaternary nitrogens is 1. The van der Waals surface area contributed by atoms with Crippen LogP contribution in [0.25, 0.3) is 20.7 Å². The highest BCUT2D eigenvalue weighted by atomic mass is 35.5. The Morgan fingerprint density at radius 1 is 1.14 bits per heavy atom. The van der Waals surface area contributed by atoms with Crippen LogP contribution in [0, 0.1) is 5.82 Å². The van der Waals surface area contributed by atoms with Gasteiger partial charge >= 0.3 is 0 Å². The van der Waals surface area contributed by atoms with E-state index in [0.29, 0.717) is 39.7 Å². The van der Waals surface area contributed by atoms with Gasteiger partial charge in [0, 0.05) is 4.88 Å². The number of H-pyrrole nitrogens is 1. The standard InChI is InChI=1S/C21H17ClFN3OS/c1-26(11-15-16(22)8-5-9-17(15)23)12-19-24-20(27)14-10-18(28-21(14)25-19)13-6-3-2-4-7-13/h2-10H,11-12H2,1H3,(H,24,25,27)/p+1. The summed E-state index contributed by atoms with van der Waals surface area (Å²) in [5.41, 5.74) is 1.37. The van der Waals surface area contributed by atoms with Crippen molar-refractivity contribution in [2.24, 2.45) is 0 Å². The molecule has 0 amide bonds. The molecule has 0 saturated heterocycles. The van der Waals surface area contributed by atoms with Crippen LogP contribution in [-0.4, -0.2) is 17.0 Å². The first-order valence-electron chi connectivity index (χ1n) is 8.83. The summed E-state index contributed by atoms with van der Waals surface area (Å²) in [6.07, 6.45) is 0. The number of aromatic nitrogens is 2. The van der Waals surface area contributed by atoms with E-state index < -0.39 is 0 Å². The van der Waals surface area contributed by atoms with Gasteiger partial charge in [-0.2, -0.15) is 0 Å². The number of halogens is 2. The summed E-state index contributed by atoms with van der Waals surface area (Å²) in [5, 5.41) is 0.990. The molecule has 4 rings (SSSR count). The fraction of sp³-hybridized carbons (Fsp3) is 0.143. The van der Waals surface area contributed by atoms with Crippen molar-refractivity contribution >= 4 is 33.2 Å². The second-order valence-electron chi connectivity index (χ2n) is 6.72. The van der Waals surface area contributed by atoms with E-state index in [0.717, 1.165) is 15.3 Å². The second-order valence-corrected chi connectivity index (χ2v) is 8.16. The average Bonchev–Trinajstić information content (AvgIpc) is 3.10. The van der Waals surface area contributed by atoms with Crippen molar-refractivity contribution in [2.45, 2.75) is 13.1 Å².